The highest BCUT2D eigenvalue weighted by atomic mass is 16.5. The Hall–Kier alpha value is -1.10. The molecule has 2 amide bonds. The lowest BCUT2D eigenvalue weighted by Crippen LogP contribution is -2.38. The quantitative estimate of drug-likeness (QED) is 0.851. The standard InChI is InChI=1S/C16H26N2O3/c19-15-9-12(11-18(15)14-3-1-2-4-14)10-17-16(20)13-5-7-21-8-6-13/h12-14H,1-11H2,(H,17,20)/t12-/m1/s1. The molecule has 2 saturated heterocycles. The van der Waals surface area contributed by atoms with Crippen LogP contribution in [0, 0.1) is 11.8 Å². The lowest BCUT2D eigenvalue weighted by Gasteiger charge is -2.24. The van der Waals surface area contributed by atoms with Crippen LogP contribution in [0.3, 0.4) is 0 Å². The van der Waals surface area contributed by atoms with E-state index in [0.29, 0.717) is 38.1 Å². The Morgan fingerprint density at radius 3 is 2.62 bits per heavy atom. The highest BCUT2D eigenvalue weighted by molar-refractivity contribution is 5.80. The van der Waals surface area contributed by atoms with Gasteiger partial charge >= 0.3 is 0 Å². The number of hydrogen-bond donors (Lipinski definition) is 1. The molecule has 3 aliphatic rings. The van der Waals surface area contributed by atoms with E-state index >= 15 is 0 Å². The van der Waals surface area contributed by atoms with Crippen LogP contribution in [0.2, 0.25) is 0 Å². The maximum absolute atomic E-state index is 12.1. The number of hydrogen-bond acceptors (Lipinski definition) is 3. The molecule has 5 nitrogen and oxygen atoms in total. The molecule has 0 aromatic heterocycles. The van der Waals surface area contributed by atoms with Crippen LogP contribution in [0.1, 0.15) is 44.9 Å². The zero-order chi connectivity index (χ0) is 14.7. The summed E-state index contributed by atoms with van der Waals surface area (Å²) >= 11 is 0. The molecule has 2 aliphatic heterocycles. The maximum atomic E-state index is 12.1. The van der Waals surface area contributed by atoms with E-state index in [1.807, 2.05) is 0 Å². The minimum absolute atomic E-state index is 0.0989. The number of carbonyl (C=O) groups is 2. The SMILES string of the molecule is O=C(NC[C@H]1CC(=O)N(C2CCCC2)C1)C1CCOCC1. The zero-order valence-corrected chi connectivity index (χ0v) is 12.7. The van der Waals surface area contributed by atoms with Gasteiger partial charge in [0, 0.05) is 50.6 Å². The lowest BCUT2D eigenvalue weighted by atomic mass is 9.99. The van der Waals surface area contributed by atoms with Crippen LogP contribution in [0.25, 0.3) is 0 Å². The van der Waals surface area contributed by atoms with Gasteiger partial charge in [-0.3, -0.25) is 9.59 Å². The number of rotatable bonds is 4. The van der Waals surface area contributed by atoms with Crippen molar-refractivity contribution in [1.82, 2.24) is 10.2 Å². The Labute approximate surface area is 126 Å². The molecule has 0 spiro atoms. The maximum Gasteiger partial charge on any atom is 0.223 e. The highest BCUT2D eigenvalue weighted by Gasteiger charge is 2.35. The van der Waals surface area contributed by atoms with Gasteiger partial charge in [0.1, 0.15) is 0 Å². The number of carbonyl (C=O) groups excluding carboxylic acids is 2. The minimum Gasteiger partial charge on any atom is -0.381 e. The van der Waals surface area contributed by atoms with Gasteiger partial charge in [0.05, 0.1) is 0 Å². The van der Waals surface area contributed by atoms with E-state index in [4.69, 9.17) is 4.74 Å². The lowest BCUT2D eigenvalue weighted by molar-refractivity contribution is -0.130. The molecule has 3 rings (SSSR count). The normalized spacial score (nSPS) is 28.3. The van der Waals surface area contributed by atoms with Gasteiger partial charge in [-0.2, -0.15) is 0 Å². The second-order valence-electron chi connectivity index (χ2n) is 6.69. The van der Waals surface area contributed by atoms with Gasteiger partial charge in [-0.15, -0.1) is 0 Å². The van der Waals surface area contributed by atoms with E-state index in [2.05, 4.69) is 10.2 Å². The van der Waals surface area contributed by atoms with E-state index < -0.39 is 0 Å². The third-order valence-corrected chi connectivity index (χ3v) is 5.16. The van der Waals surface area contributed by atoms with Gasteiger partial charge < -0.3 is 15.0 Å². The average Bonchev–Trinajstić information content (AvgIpc) is 3.15. The van der Waals surface area contributed by atoms with E-state index in [1.54, 1.807) is 0 Å². The summed E-state index contributed by atoms with van der Waals surface area (Å²) in [6, 6.07) is 0.466. The van der Waals surface area contributed by atoms with Crippen molar-refractivity contribution >= 4 is 11.8 Å². The number of amides is 2. The number of nitrogens with zero attached hydrogens (tertiary/aromatic N) is 1. The Balaban J connectivity index is 1.43. The summed E-state index contributed by atoms with van der Waals surface area (Å²) in [5, 5.41) is 3.05. The van der Waals surface area contributed by atoms with Crippen LogP contribution in [0.5, 0.6) is 0 Å². The molecule has 118 valence electrons. The molecule has 1 saturated carbocycles. The van der Waals surface area contributed by atoms with Crippen LogP contribution in [-0.2, 0) is 14.3 Å². The van der Waals surface area contributed by atoms with Gasteiger partial charge in [0.25, 0.3) is 0 Å². The summed E-state index contributed by atoms with van der Waals surface area (Å²) < 4.78 is 5.28. The van der Waals surface area contributed by atoms with Crippen molar-refractivity contribution in [3.63, 3.8) is 0 Å². The van der Waals surface area contributed by atoms with Gasteiger partial charge in [-0.25, -0.2) is 0 Å². The van der Waals surface area contributed by atoms with Crippen LogP contribution in [-0.4, -0.2) is 49.1 Å². The van der Waals surface area contributed by atoms with Crippen molar-refractivity contribution in [2.24, 2.45) is 11.8 Å². The Morgan fingerprint density at radius 1 is 1.19 bits per heavy atom. The predicted octanol–water partition coefficient (Wildman–Crippen LogP) is 1.32. The third kappa shape index (κ3) is 3.57. The van der Waals surface area contributed by atoms with Crippen LogP contribution in [0.15, 0.2) is 0 Å². The first kappa shape index (κ1) is 14.8. The fourth-order valence-corrected chi connectivity index (χ4v) is 3.86. The molecular formula is C16H26N2O3. The van der Waals surface area contributed by atoms with Crippen molar-refractivity contribution in [2.45, 2.75) is 51.0 Å². The molecule has 0 radical (unpaired) electrons. The van der Waals surface area contributed by atoms with Gasteiger partial charge in [0.15, 0.2) is 0 Å². The van der Waals surface area contributed by atoms with Gasteiger partial charge in [0.2, 0.25) is 11.8 Å². The largest absolute Gasteiger partial charge is 0.381 e. The van der Waals surface area contributed by atoms with Crippen molar-refractivity contribution < 1.29 is 14.3 Å². The first-order valence-electron chi connectivity index (χ1n) is 8.39. The Kier molecular flexibility index (Phi) is 4.78. The Bertz CT molecular complexity index is 387. The minimum atomic E-state index is 0.0989. The first-order valence-corrected chi connectivity index (χ1v) is 8.39. The summed E-state index contributed by atoms with van der Waals surface area (Å²) in [7, 11) is 0. The van der Waals surface area contributed by atoms with E-state index in [0.717, 1.165) is 32.2 Å². The zero-order valence-electron chi connectivity index (χ0n) is 12.7. The molecule has 0 bridgehead atoms. The molecule has 21 heavy (non-hydrogen) atoms. The number of ether oxygens (including phenoxy) is 1. The first-order chi connectivity index (χ1) is 10.2. The summed E-state index contributed by atoms with van der Waals surface area (Å²) in [6.45, 7) is 2.85. The molecule has 0 aromatic rings. The number of nitrogens with one attached hydrogen (secondary N) is 1. The highest BCUT2D eigenvalue weighted by Crippen LogP contribution is 2.29. The van der Waals surface area contributed by atoms with Crippen molar-refractivity contribution in [3.05, 3.63) is 0 Å². The molecule has 1 N–H and O–H groups in total. The average molecular weight is 294 g/mol. The van der Waals surface area contributed by atoms with Crippen LogP contribution < -0.4 is 5.32 Å². The van der Waals surface area contributed by atoms with E-state index in [9.17, 15) is 9.59 Å². The molecule has 0 aromatic carbocycles. The molecule has 3 fully saturated rings. The van der Waals surface area contributed by atoms with Crippen molar-refractivity contribution in [2.75, 3.05) is 26.3 Å². The van der Waals surface area contributed by atoms with Crippen molar-refractivity contribution in [1.29, 1.82) is 0 Å². The van der Waals surface area contributed by atoms with E-state index in [-0.39, 0.29) is 17.7 Å². The molecule has 1 atom stereocenters. The van der Waals surface area contributed by atoms with Crippen LogP contribution >= 0.6 is 0 Å². The predicted molar refractivity (Wildman–Crippen MR) is 78.6 cm³/mol. The molecular weight excluding hydrogens is 268 g/mol. The molecule has 2 heterocycles. The second kappa shape index (κ2) is 6.77. The van der Waals surface area contributed by atoms with Gasteiger partial charge in [-0.1, -0.05) is 12.8 Å². The topological polar surface area (TPSA) is 58.6 Å². The van der Waals surface area contributed by atoms with Crippen LogP contribution in [0.4, 0.5) is 0 Å². The summed E-state index contributed by atoms with van der Waals surface area (Å²) in [5.74, 6) is 0.820. The molecule has 5 heteroatoms. The fraction of sp³-hybridized carbons (Fsp3) is 0.875. The Morgan fingerprint density at radius 2 is 1.90 bits per heavy atom. The molecule has 0 unspecified atom stereocenters. The number of likely N-dealkylation sites (tertiary alicyclic amines) is 1. The summed E-state index contributed by atoms with van der Waals surface area (Å²) in [4.78, 5) is 26.3. The van der Waals surface area contributed by atoms with E-state index in [1.165, 1.54) is 12.8 Å². The summed E-state index contributed by atoms with van der Waals surface area (Å²) in [5.41, 5.74) is 0. The second-order valence-corrected chi connectivity index (χ2v) is 6.69. The third-order valence-electron chi connectivity index (χ3n) is 5.16. The smallest absolute Gasteiger partial charge is 0.223 e. The fourth-order valence-electron chi connectivity index (χ4n) is 3.86. The monoisotopic (exact) mass is 294 g/mol. The van der Waals surface area contributed by atoms with Crippen molar-refractivity contribution in [3.8, 4) is 0 Å². The summed E-state index contributed by atoms with van der Waals surface area (Å²) in [6.07, 6.45) is 7.07. The molecule has 1 aliphatic carbocycles. The van der Waals surface area contributed by atoms with Gasteiger partial charge in [-0.05, 0) is 25.7 Å².